The van der Waals surface area contributed by atoms with E-state index in [9.17, 15) is 8.42 Å². The van der Waals surface area contributed by atoms with E-state index < -0.39 is 10.0 Å². The summed E-state index contributed by atoms with van der Waals surface area (Å²) in [5.41, 5.74) is 4.09. The second-order valence-electron chi connectivity index (χ2n) is 8.40. The Balaban J connectivity index is 1.57. The van der Waals surface area contributed by atoms with Crippen LogP contribution in [0.2, 0.25) is 0 Å². The van der Waals surface area contributed by atoms with Crippen LogP contribution in [0.25, 0.3) is 11.0 Å². The molecule has 4 aromatic rings. The monoisotopic (exact) mass is 480 g/mol. The van der Waals surface area contributed by atoms with E-state index in [1.54, 1.807) is 24.4 Å². The quantitative estimate of drug-likeness (QED) is 0.349. The Hall–Kier alpha value is -3.70. The fourth-order valence-corrected chi connectivity index (χ4v) is 4.26. The van der Waals surface area contributed by atoms with E-state index in [0.717, 1.165) is 22.7 Å². The summed E-state index contributed by atoms with van der Waals surface area (Å²) in [4.78, 5) is 15.6. The largest absolute Gasteiger partial charge is 0.353 e. The first-order chi connectivity index (χ1) is 16.1. The Morgan fingerprint density at radius 2 is 1.91 bits per heavy atom. The number of fused-ring (bicyclic) bond motifs is 1. The van der Waals surface area contributed by atoms with Gasteiger partial charge >= 0.3 is 0 Å². The number of aryl methyl sites for hydroxylation is 1. The molecule has 4 N–H and O–H groups in total. The van der Waals surface area contributed by atoms with Gasteiger partial charge in [-0.05, 0) is 55.8 Å². The standard InChI is InChI=1S/C23H28N8O2S/c1-15(2)26-23-28-19-13-18(8-9-20(19)31(23)4)30(3)21-10-11-25-22(29-21)27-17-7-5-6-16(12-17)14-34(24,32)33/h5-13,15H,14H2,1-4H3,(H,26,28)(H2,24,32,33)(H,25,27,29). The van der Waals surface area contributed by atoms with Crippen LogP contribution in [-0.4, -0.2) is 41.0 Å². The summed E-state index contributed by atoms with van der Waals surface area (Å²) in [6.45, 7) is 4.16. The minimum Gasteiger partial charge on any atom is -0.353 e. The van der Waals surface area contributed by atoms with Gasteiger partial charge in [-0.1, -0.05) is 12.1 Å². The summed E-state index contributed by atoms with van der Waals surface area (Å²) in [6.07, 6.45) is 1.67. The lowest BCUT2D eigenvalue weighted by Crippen LogP contribution is -2.14. The molecule has 2 aromatic carbocycles. The first kappa shape index (κ1) is 23.5. The number of nitrogens with zero attached hydrogens (tertiary/aromatic N) is 5. The van der Waals surface area contributed by atoms with E-state index in [-0.39, 0.29) is 11.8 Å². The van der Waals surface area contributed by atoms with Gasteiger partial charge in [-0.25, -0.2) is 23.5 Å². The van der Waals surface area contributed by atoms with E-state index in [2.05, 4.69) is 34.4 Å². The summed E-state index contributed by atoms with van der Waals surface area (Å²) in [7, 11) is 0.302. The van der Waals surface area contributed by atoms with Crippen molar-refractivity contribution in [1.29, 1.82) is 0 Å². The maximum atomic E-state index is 11.4. The Morgan fingerprint density at radius 3 is 2.65 bits per heavy atom. The van der Waals surface area contributed by atoms with E-state index >= 15 is 0 Å². The minimum absolute atomic E-state index is 0.240. The molecule has 0 aliphatic carbocycles. The van der Waals surface area contributed by atoms with Gasteiger partial charge in [0.25, 0.3) is 0 Å². The summed E-state index contributed by atoms with van der Waals surface area (Å²) in [5.74, 6) is 1.66. The number of benzene rings is 2. The fourth-order valence-electron chi connectivity index (χ4n) is 3.61. The first-order valence-corrected chi connectivity index (χ1v) is 12.5. The number of imidazole rings is 1. The average Bonchev–Trinajstić information content (AvgIpc) is 3.06. The molecular formula is C23H28N8O2S. The molecule has 0 saturated heterocycles. The second kappa shape index (κ2) is 9.27. The van der Waals surface area contributed by atoms with Crippen LogP contribution in [0.15, 0.2) is 54.7 Å². The third kappa shape index (κ3) is 5.43. The number of nitrogens with two attached hydrogens (primary N) is 1. The Bertz CT molecular complexity index is 1430. The molecule has 11 heteroatoms. The molecule has 34 heavy (non-hydrogen) atoms. The number of hydrogen-bond acceptors (Lipinski definition) is 8. The van der Waals surface area contributed by atoms with Gasteiger partial charge in [-0.2, -0.15) is 4.98 Å². The summed E-state index contributed by atoms with van der Waals surface area (Å²) < 4.78 is 24.8. The number of anilines is 5. The molecule has 0 saturated carbocycles. The van der Waals surface area contributed by atoms with Crippen LogP contribution in [0.1, 0.15) is 19.4 Å². The number of hydrogen-bond donors (Lipinski definition) is 3. The SMILES string of the molecule is CC(C)Nc1nc2cc(N(C)c3ccnc(Nc4cccc(CS(N)(=O)=O)c4)n3)ccc2n1C. The normalized spacial score (nSPS) is 11.7. The summed E-state index contributed by atoms with van der Waals surface area (Å²) in [5, 5.41) is 11.6. The van der Waals surface area contributed by atoms with Crippen molar-refractivity contribution in [2.24, 2.45) is 12.2 Å². The number of primary sulfonamides is 1. The zero-order valence-corrected chi connectivity index (χ0v) is 20.3. The van der Waals surface area contributed by atoms with Crippen molar-refractivity contribution in [3.05, 3.63) is 60.3 Å². The topological polar surface area (TPSA) is 131 Å². The molecular weight excluding hydrogens is 452 g/mol. The molecule has 0 unspecified atom stereocenters. The van der Waals surface area contributed by atoms with Crippen molar-refractivity contribution in [3.8, 4) is 0 Å². The van der Waals surface area contributed by atoms with Gasteiger partial charge < -0.3 is 20.1 Å². The van der Waals surface area contributed by atoms with Crippen molar-refractivity contribution in [2.75, 3.05) is 22.6 Å². The average molecular weight is 481 g/mol. The van der Waals surface area contributed by atoms with Crippen LogP contribution in [0.4, 0.5) is 29.1 Å². The predicted octanol–water partition coefficient (Wildman–Crippen LogP) is 3.48. The molecule has 4 rings (SSSR count). The highest BCUT2D eigenvalue weighted by molar-refractivity contribution is 7.88. The lowest BCUT2D eigenvalue weighted by molar-refractivity contribution is 0.597. The second-order valence-corrected chi connectivity index (χ2v) is 10.0. The first-order valence-electron chi connectivity index (χ1n) is 10.8. The third-order valence-corrected chi connectivity index (χ3v) is 5.94. The van der Waals surface area contributed by atoms with E-state index in [0.29, 0.717) is 23.0 Å². The minimum atomic E-state index is -3.61. The lowest BCUT2D eigenvalue weighted by atomic mass is 10.2. The fraction of sp³-hybridized carbons (Fsp3) is 0.261. The Morgan fingerprint density at radius 1 is 1.12 bits per heavy atom. The summed E-state index contributed by atoms with van der Waals surface area (Å²) >= 11 is 0. The van der Waals surface area contributed by atoms with Crippen molar-refractivity contribution < 1.29 is 8.42 Å². The van der Waals surface area contributed by atoms with E-state index in [4.69, 9.17) is 10.1 Å². The maximum Gasteiger partial charge on any atom is 0.229 e. The highest BCUT2D eigenvalue weighted by Crippen LogP contribution is 2.28. The highest BCUT2D eigenvalue weighted by Gasteiger charge is 2.13. The Labute approximate surface area is 198 Å². The smallest absolute Gasteiger partial charge is 0.229 e. The van der Waals surface area contributed by atoms with Crippen LogP contribution < -0.4 is 20.7 Å². The molecule has 0 atom stereocenters. The molecule has 2 heterocycles. The molecule has 10 nitrogen and oxygen atoms in total. The van der Waals surface area contributed by atoms with Crippen LogP contribution in [0, 0.1) is 0 Å². The van der Waals surface area contributed by atoms with Crippen LogP contribution >= 0.6 is 0 Å². The maximum absolute atomic E-state index is 11.4. The lowest BCUT2D eigenvalue weighted by Gasteiger charge is -2.19. The van der Waals surface area contributed by atoms with Crippen molar-refractivity contribution >= 4 is 50.1 Å². The van der Waals surface area contributed by atoms with Crippen molar-refractivity contribution in [2.45, 2.75) is 25.6 Å². The van der Waals surface area contributed by atoms with Gasteiger partial charge in [0.2, 0.25) is 21.9 Å². The molecule has 0 aliphatic rings. The van der Waals surface area contributed by atoms with Gasteiger partial charge in [0.15, 0.2) is 0 Å². The Kier molecular flexibility index (Phi) is 6.40. The predicted molar refractivity (Wildman–Crippen MR) is 136 cm³/mol. The molecule has 0 radical (unpaired) electrons. The van der Waals surface area contributed by atoms with Crippen molar-refractivity contribution in [3.63, 3.8) is 0 Å². The van der Waals surface area contributed by atoms with Gasteiger partial charge in [0, 0.05) is 37.7 Å². The van der Waals surface area contributed by atoms with Gasteiger partial charge in [-0.15, -0.1) is 0 Å². The van der Waals surface area contributed by atoms with Gasteiger partial charge in [-0.3, -0.25) is 0 Å². The number of aromatic nitrogens is 4. The molecule has 178 valence electrons. The zero-order valence-electron chi connectivity index (χ0n) is 19.5. The highest BCUT2D eigenvalue weighted by atomic mass is 32.2. The molecule has 0 bridgehead atoms. The van der Waals surface area contributed by atoms with Crippen LogP contribution in [-0.2, 0) is 22.8 Å². The third-order valence-electron chi connectivity index (χ3n) is 5.20. The summed E-state index contributed by atoms with van der Waals surface area (Å²) in [6, 6.07) is 15.2. The van der Waals surface area contributed by atoms with Crippen molar-refractivity contribution in [1.82, 2.24) is 19.5 Å². The molecule has 2 aromatic heterocycles. The number of rotatable bonds is 8. The molecule has 0 spiro atoms. The van der Waals surface area contributed by atoms with Gasteiger partial charge in [0.05, 0.1) is 16.8 Å². The van der Waals surface area contributed by atoms with E-state index in [1.807, 2.05) is 53.9 Å². The van der Waals surface area contributed by atoms with E-state index in [1.165, 1.54) is 0 Å². The zero-order chi connectivity index (χ0) is 24.5. The molecule has 0 amide bonds. The number of nitrogens with one attached hydrogen (secondary N) is 2. The van der Waals surface area contributed by atoms with Gasteiger partial charge in [0.1, 0.15) is 5.82 Å². The molecule has 0 fully saturated rings. The number of sulfonamides is 1. The van der Waals surface area contributed by atoms with Crippen LogP contribution in [0.3, 0.4) is 0 Å². The van der Waals surface area contributed by atoms with Crippen LogP contribution in [0.5, 0.6) is 0 Å². The molecule has 0 aliphatic heterocycles.